The molecule has 190 valence electrons. The third kappa shape index (κ3) is 4.67. The van der Waals surface area contributed by atoms with Gasteiger partial charge in [-0.25, -0.2) is 13.2 Å². The second-order valence-electron chi connectivity index (χ2n) is 9.70. The van der Waals surface area contributed by atoms with Crippen molar-refractivity contribution in [2.75, 3.05) is 0 Å². The number of aromatic nitrogens is 1. The molecule has 2 bridgehead atoms. The van der Waals surface area contributed by atoms with E-state index in [1.54, 1.807) is 24.3 Å². The summed E-state index contributed by atoms with van der Waals surface area (Å²) in [7, 11) is 0. The van der Waals surface area contributed by atoms with Crippen molar-refractivity contribution >= 4 is 17.2 Å². The Bertz CT molecular complexity index is 1340. The summed E-state index contributed by atoms with van der Waals surface area (Å²) >= 11 is 0.913. The van der Waals surface area contributed by atoms with Crippen LogP contribution < -0.4 is 10.6 Å². The van der Waals surface area contributed by atoms with E-state index in [1.165, 1.54) is 9.95 Å². The maximum absolute atomic E-state index is 14.1. The summed E-state index contributed by atoms with van der Waals surface area (Å²) in [6.07, 6.45) is 3.10. The Morgan fingerprint density at radius 2 is 1.78 bits per heavy atom. The van der Waals surface area contributed by atoms with Crippen molar-refractivity contribution in [3.63, 3.8) is 0 Å². The fraction of sp³-hybridized carbons (Fsp3) is 0.385. The van der Waals surface area contributed by atoms with Crippen molar-refractivity contribution in [1.29, 1.82) is 0 Å². The lowest BCUT2D eigenvalue weighted by molar-refractivity contribution is 0.0499. The minimum atomic E-state index is -1.22. The molecular formula is C26H26F3N3O3S. The molecule has 0 radical (unpaired) electrons. The van der Waals surface area contributed by atoms with E-state index in [-0.39, 0.29) is 53.2 Å². The van der Waals surface area contributed by atoms with Gasteiger partial charge in [-0.05, 0) is 67.3 Å². The Balaban J connectivity index is 1.28. The number of benzene rings is 2. The highest BCUT2D eigenvalue weighted by Crippen LogP contribution is 2.41. The maximum atomic E-state index is 14.1. The van der Waals surface area contributed by atoms with Crippen molar-refractivity contribution in [2.45, 2.75) is 56.8 Å². The lowest BCUT2D eigenvalue weighted by atomic mass is 9.82. The highest BCUT2D eigenvalue weighted by atomic mass is 32.1. The molecule has 1 unspecified atom stereocenters. The third-order valence-electron chi connectivity index (χ3n) is 7.43. The average molecular weight is 518 g/mol. The highest BCUT2D eigenvalue weighted by Gasteiger charge is 2.44. The number of nitrogens with zero attached hydrogens (tertiary/aromatic N) is 2. The number of piperidine rings is 1. The minimum absolute atomic E-state index is 0.00528. The number of fused-ring (bicyclic) bond motifs is 2. The quantitative estimate of drug-likeness (QED) is 0.484. The van der Waals surface area contributed by atoms with Gasteiger partial charge in [0.1, 0.15) is 5.82 Å². The molecule has 2 aliphatic heterocycles. The van der Waals surface area contributed by atoms with Gasteiger partial charge in [0.15, 0.2) is 11.6 Å². The number of halogens is 3. The minimum Gasteiger partial charge on any atom is -0.494 e. The van der Waals surface area contributed by atoms with E-state index >= 15 is 0 Å². The van der Waals surface area contributed by atoms with E-state index in [0.29, 0.717) is 24.5 Å². The number of carbonyl (C=O) groups excluding carboxylic acids is 1. The molecule has 6 nitrogen and oxygen atoms in total. The molecule has 4 atom stereocenters. The van der Waals surface area contributed by atoms with Crippen LogP contribution in [0.4, 0.5) is 13.2 Å². The van der Waals surface area contributed by atoms with Crippen LogP contribution in [0.2, 0.25) is 0 Å². The van der Waals surface area contributed by atoms with Gasteiger partial charge in [0.05, 0.1) is 11.9 Å². The van der Waals surface area contributed by atoms with Crippen LogP contribution in [0.5, 0.6) is 5.88 Å². The van der Waals surface area contributed by atoms with Crippen molar-refractivity contribution in [2.24, 2.45) is 11.7 Å². The topological polar surface area (TPSA) is 88.6 Å². The summed E-state index contributed by atoms with van der Waals surface area (Å²) in [4.78, 5) is 27.1. The monoisotopic (exact) mass is 517 g/mol. The lowest BCUT2D eigenvalue weighted by Crippen LogP contribution is -2.50. The molecular weight excluding hydrogens is 491 g/mol. The Labute approximate surface area is 209 Å². The largest absolute Gasteiger partial charge is 0.494 e. The molecule has 2 aliphatic rings. The highest BCUT2D eigenvalue weighted by molar-refractivity contribution is 7.07. The first-order chi connectivity index (χ1) is 17.2. The fourth-order valence-electron chi connectivity index (χ4n) is 5.64. The Morgan fingerprint density at radius 1 is 1.08 bits per heavy atom. The predicted molar refractivity (Wildman–Crippen MR) is 129 cm³/mol. The summed E-state index contributed by atoms with van der Waals surface area (Å²) in [5.74, 6) is -3.30. The second-order valence-corrected chi connectivity index (χ2v) is 10.5. The fourth-order valence-corrected chi connectivity index (χ4v) is 6.26. The van der Waals surface area contributed by atoms with Gasteiger partial charge in [0.2, 0.25) is 5.88 Å². The molecule has 0 saturated carbocycles. The molecule has 1 aromatic heterocycles. The van der Waals surface area contributed by atoms with Crippen LogP contribution >= 0.6 is 11.3 Å². The van der Waals surface area contributed by atoms with Gasteiger partial charge in [-0.2, -0.15) is 0 Å². The van der Waals surface area contributed by atoms with Gasteiger partial charge >= 0.3 is 4.87 Å². The van der Waals surface area contributed by atoms with Crippen molar-refractivity contribution in [3.05, 3.63) is 85.6 Å². The van der Waals surface area contributed by atoms with Crippen LogP contribution in [0, 0.1) is 23.4 Å². The van der Waals surface area contributed by atoms with Gasteiger partial charge in [-0.15, -0.1) is 0 Å². The molecule has 5 rings (SSSR count). The van der Waals surface area contributed by atoms with Crippen molar-refractivity contribution < 1.29 is 23.1 Å². The molecule has 3 N–H and O–H groups in total. The molecule has 3 aromatic rings. The van der Waals surface area contributed by atoms with E-state index in [9.17, 15) is 27.9 Å². The molecule has 0 spiro atoms. The van der Waals surface area contributed by atoms with E-state index in [0.717, 1.165) is 35.8 Å². The van der Waals surface area contributed by atoms with Gasteiger partial charge in [-0.1, -0.05) is 23.5 Å². The molecule has 0 aliphatic carbocycles. The molecule has 10 heteroatoms. The number of aromatic hydroxyl groups is 1. The van der Waals surface area contributed by atoms with E-state index in [1.807, 2.05) is 4.90 Å². The van der Waals surface area contributed by atoms with E-state index < -0.39 is 23.5 Å². The first kappa shape index (κ1) is 24.6. The first-order valence-corrected chi connectivity index (χ1v) is 12.8. The molecule has 36 heavy (non-hydrogen) atoms. The molecule has 1 amide bonds. The molecule has 2 aromatic carbocycles. The summed E-state index contributed by atoms with van der Waals surface area (Å²) in [6.45, 7) is 0.166. The zero-order valence-corrected chi connectivity index (χ0v) is 20.2. The Kier molecular flexibility index (Phi) is 6.65. The van der Waals surface area contributed by atoms with Gasteiger partial charge in [0.25, 0.3) is 5.91 Å². The summed E-state index contributed by atoms with van der Waals surface area (Å²) in [6, 6.07) is 8.02. The normalized spacial score (nSPS) is 22.1. The number of hydrogen-bond donors (Lipinski definition) is 2. The second kappa shape index (κ2) is 9.74. The van der Waals surface area contributed by atoms with E-state index in [2.05, 4.69) is 0 Å². The number of hydrogen-bond acceptors (Lipinski definition) is 5. The number of rotatable bonds is 6. The number of carbonyl (C=O) groups is 1. The maximum Gasteiger partial charge on any atom is 0.310 e. The number of amides is 1. The summed E-state index contributed by atoms with van der Waals surface area (Å²) in [5.41, 5.74) is 7.70. The lowest BCUT2D eigenvalue weighted by Gasteiger charge is -2.41. The average Bonchev–Trinajstić information content (AvgIpc) is 3.30. The summed E-state index contributed by atoms with van der Waals surface area (Å²) < 4.78 is 42.3. The van der Waals surface area contributed by atoms with Crippen molar-refractivity contribution in [3.8, 4) is 5.88 Å². The third-order valence-corrected chi connectivity index (χ3v) is 8.18. The first-order valence-electron chi connectivity index (χ1n) is 11.9. The molecule has 2 saturated heterocycles. The van der Waals surface area contributed by atoms with Crippen LogP contribution in [0.3, 0.4) is 0 Å². The van der Waals surface area contributed by atoms with Crippen molar-refractivity contribution in [1.82, 2.24) is 9.47 Å². The van der Waals surface area contributed by atoms with Gasteiger partial charge < -0.3 is 15.7 Å². The summed E-state index contributed by atoms with van der Waals surface area (Å²) in [5, 5.41) is 11.3. The van der Waals surface area contributed by atoms with Crippen LogP contribution in [-0.2, 0) is 13.0 Å². The SMILES string of the molecule is N[C@H](Cc1cc(F)c(F)cc1F)C1C[C@H]2CC[C@@H](C1)N2C(=O)c1cccc(Cn2c(O)csc2=O)c1. The number of nitrogens with two attached hydrogens (primary N) is 1. The van der Waals surface area contributed by atoms with Crippen LogP contribution in [0.1, 0.15) is 47.2 Å². The van der Waals surface area contributed by atoms with Crippen LogP contribution in [0.25, 0.3) is 0 Å². The Hall–Kier alpha value is -3.11. The van der Waals surface area contributed by atoms with Gasteiger partial charge in [-0.3, -0.25) is 14.2 Å². The van der Waals surface area contributed by atoms with Crippen LogP contribution in [0.15, 0.2) is 46.6 Å². The standard InChI is InChI=1S/C26H26F3N3O3S/c27-20-11-22(29)21(28)9-16(20)10-23(30)17-7-18-4-5-19(8-17)32(18)25(34)15-3-1-2-14(6-15)12-31-24(33)13-36-26(31)35/h1-3,6,9,11,13,17-19,23,33H,4-5,7-8,10,12,30H2/t17?,18-,19+,23-/m1/s1. The smallest absolute Gasteiger partial charge is 0.310 e. The Morgan fingerprint density at radius 3 is 2.44 bits per heavy atom. The number of thiazole rings is 1. The molecule has 2 fully saturated rings. The van der Waals surface area contributed by atoms with E-state index in [4.69, 9.17) is 5.73 Å². The molecule has 3 heterocycles. The van der Waals surface area contributed by atoms with Crippen LogP contribution in [-0.4, -0.2) is 38.6 Å². The predicted octanol–water partition coefficient (Wildman–Crippen LogP) is 4.03. The zero-order chi connectivity index (χ0) is 25.6. The van der Waals surface area contributed by atoms with Gasteiger partial charge in [0, 0.05) is 29.8 Å². The zero-order valence-electron chi connectivity index (χ0n) is 19.4.